The SMILES string of the molecule is CC.COc1cc(F)ccc1OC(F)F. The first-order valence-corrected chi connectivity index (χ1v) is 4.42. The second-order valence-corrected chi connectivity index (χ2v) is 2.17. The first-order chi connectivity index (χ1) is 7.13. The molecule has 0 aliphatic heterocycles. The molecule has 1 rings (SSSR count). The van der Waals surface area contributed by atoms with Crippen LogP contribution in [0.3, 0.4) is 0 Å². The van der Waals surface area contributed by atoms with Gasteiger partial charge in [-0.15, -0.1) is 0 Å². The number of rotatable bonds is 3. The summed E-state index contributed by atoms with van der Waals surface area (Å²) in [5, 5.41) is 0. The summed E-state index contributed by atoms with van der Waals surface area (Å²) in [6.07, 6.45) is 0. The van der Waals surface area contributed by atoms with Gasteiger partial charge in [0.15, 0.2) is 11.5 Å². The molecule has 0 N–H and O–H groups in total. The Balaban J connectivity index is 0.000000921. The predicted molar refractivity (Wildman–Crippen MR) is 50.9 cm³/mol. The van der Waals surface area contributed by atoms with Gasteiger partial charge in [0.1, 0.15) is 5.82 Å². The Bertz CT molecular complexity index is 290. The number of benzene rings is 1. The van der Waals surface area contributed by atoms with Crippen molar-refractivity contribution in [1.29, 1.82) is 0 Å². The Morgan fingerprint density at radius 1 is 1.13 bits per heavy atom. The third-order valence-corrected chi connectivity index (χ3v) is 1.34. The van der Waals surface area contributed by atoms with Gasteiger partial charge in [-0.1, -0.05) is 13.8 Å². The lowest BCUT2D eigenvalue weighted by molar-refractivity contribution is -0.0512. The van der Waals surface area contributed by atoms with Crippen LogP contribution in [-0.4, -0.2) is 13.7 Å². The maximum Gasteiger partial charge on any atom is 0.387 e. The molecule has 0 spiro atoms. The van der Waals surface area contributed by atoms with E-state index in [9.17, 15) is 13.2 Å². The summed E-state index contributed by atoms with van der Waals surface area (Å²) in [5.74, 6) is -0.808. The van der Waals surface area contributed by atoms with E-state index >= 15 is 0 Å². The molecule has 1 aromatic rings. The van der Waals surface area contributed by atoms with Gasteiger partial charge in [0, 0.05) is 6.07 Å². The molecular weight excluding hydrogens is 209 g/mol. The van der Waals surface area contributed by atoms with E-state index in [1.54, 1.807) is 0 Å². The lowest BCUT2D eigenvalue weighted by atomic mass is 10.3. The number of hydrogen-bond acceptors (Lipinski definition) is 2. The molecule has 2 nitrogen and oxygen atoms in total. The highest BCUT2D eigenvalue weighted by Gasteiger charge is 2.10. The third-order valence-electron chi connectivity index (χ3n) is 1.34. The van der Waals surface area contributed by atoms with Crippen LogP contribution in [0.5, 0.6) is 11.5 Å². The van der Waals surface area contributed by atoms with Gasteiger partial charge in [0.2, 0.25) is 0 Å². The molecule has 0 radical (unpaired) electrons. The van der Waals surface area contributed by atoms with Crippen LogP contribution in [0.25, 0.3) is 0 Å². The quantitative estimate of drug-likeness (QED) is 0.779. The summed E-state index contributed by atoms with van der Waals surface area (Å²) in [6, 6.07) is 3.07. The molecule has 0 unspecified atom stereocenters. The number of hydrogen-bond donors (Lipinski definition) is 0. The molecule has 0 aliphatic rings. The van der Waals surface area contributed by atoms with Crippen molar-refractivity contribution in [3.05, 3.63) is 24.0 Å². The number of ether oxygens (including phenoxy) is 2. The number of methoxy groups -OCH3 is 1. The van der Waals surface area contributed by atoms with Gasteiger partial charge >= 0.3 is 6.61 Å². The van der Waals surface area contributed by atoms with E-state index in [0.717, 1.165) is 18.2 Å². The minimum atomic E-state index is -2.95. The van der Waals surface area contributed by atoms with Crippen LogP contribution in [0.15, 0.2) is 18.2 Å². The minimum absolute atomic E-state index is 0.0553. The van der Waals surface area contributed by atoms with Crippen molar-refractivity contribution in [2.75, 3.05) is 7.11 Å². The van der Waals surface area contributed by atoms with Crippen molar-refractivity contribution in [2.24, 2.45) is 0 Å². The summed E-state index contributed by atoms with van der Waals surface area (Å²) < 4.78 is 44.8. The van der Waals surface area contributed by atoms with Gasteiger partial charge in [-0.2, -0.15) is 8.78 Å². The van der Waals surface area contributed by atoms with Crippen molar-refractivity contribution < 1.29 is 22.6 Å². The number of alkyl halides is 2. The molecule has 0 heterocycles. The summed E-state index contributed by atoms with van der Waals surface area (Å²) in [7, 11) is 1.24. The molecule has 0 fully saturated rings. The van der Waals surface area contributed by atoms with Gasteiger partial charge < -0.3 is 9.47 Å². The highest BCUT2D eigenvalue weighted by atomic mass is 19.3. The van der Waals surface area contributed by atoms with Crippen LogP contribution in [0.2, 0.25) is 0 Å². The van der Waals surface area contributed by atoms with Gasteiger partial charge in [-0.25, -0.2) is 4.39 Å². The van der Waals surface area contributed by atoms with E-state index in [1.165, 1.54) is 7.11 Å². The highest BCUT2D eigenvalue weighted by Crippen LogP contribution is 2.28. The fourth-order valence-corrected chi connectivity index (χ4v) is 0.835. The van der Waals surface area contributed by atoms with Crippen LogP contribution in [0.4, 0.5) is 13.2 Å². The van der Waals surface area contributed by atoms with Gasteiger partial charge in [0.05, 0.1) is 7.11 Å². The zero-order chi connectivity index (χ0) is 11.8. The summed E-state index contributed by atoms with van der Waals surface area (Å²) in [4.78, 5) is 0. The molecule has 0 aromatic heterocycles. The zero-order valence-corrected chi connectivity index (χ0v) is 8.76. The molecule has 15 heavy (non-hydrogen) atoms. The molecule has 0 saturated heterocycles. The molecular formula is C10H13F3O2. The predicted octanol–water partition coefficient (Wildman–Crippen LogP) is 3.46. The Hall–Kier alpha value is -1.39. The summed E-state index contributed by atoms with van der Waals surface area (Å²) in [6.45, 7) is 1.05. The minimum Gasteiger partial charge on any atom is -0.493 e. The average molecular weight is 222 g/mol. The van der Waals surface area contributed by atoms with Crippen LogP contribution in [-0.2, 0) is 0 Å². The lowest BCUT2D eigenvalue weighted by Crippen LogP contribution is -2.03. The van der Waals surface area contributed by atoms with E-state index in [1.807, 2.05) is 13.8 Å². The second kappa shape index (κ2) is 6.98. The Morgan fingerprint density at radius 2 is 1.73 bits per heavy atom. The largest absolute Gasteiger partial charge is 0.493 e. The molecule has 0 atom stereocenters. The molecule has 5 heteroatoms. The van der Waals surface area contributed by atoms with Crippen molar-refractivity contribution in [1.82, 2.24) is 0 Å². The molecule has 0 amide bonds. The molecule has 0 aliphatic carbocycles. The van der Waals surface area contributed by atoms with E-state index in [-0.39, 0.29) is 11.5 Å². The average Bonchev–Trinajstić information content (AvgIpc) is 2.23. The first kappa shape index (κ1) is 13.6. The molecule has 0 bridgehead atoms. The fourth-order valence-electron chi connectivity index (χ4n) is 0.835. The summed E-state index contributed by atoms with van der Waals surface area (Å²) in [5.41, 5.74) is 0. The van der Waals surface area contributed by atoms with Crippen molar-refractivity contribution >= 4 is 0 Å². The maximum absolute atomic E-state index is 12.5. The molecule has 86 valence electrons. The van der Waals surface area contributed by atoms with Gasteiger partial charge in [-0.3, -0.25) is 0 Å². The summed E-state index contributed by atoms with van der Waals surface area (Å²) >= 11 is 0. The van der Waals surface area contributed by atoms with Crippen LogP contribution in [0, 0.1) is 5.82 Å². The fraction of sp³-hybridized carbons (Fsp3) is 0.400. The Kier molecular flexibility index (Phi) is 6.33. The maximum atomic E-state index is 12.5. The zero-order valence-electron chi connectivity index (χ0n) is 8.76. The van der Waals surface area contributed by atoms with Crippen molar-refractivity contribution in [3.63, 3.8) is 0 Å². The standard InChI is InChI=1S/C8H7F3O2.C2H6/c1-12-7-4-5(9)2-3-6(7)13-8(10)11;1-2/h2-4,8H,1H3;1-2H3. The lowest BCUT2D eigenvalue weighted by Gasteiger charge is -2.08. The second-order valence-electron chi connectivity index (χ2n) is 2.17. The van der Waals surface area contributed by atoms with Gasteiger partial charge in [0.25, 0.3) is 0 Å². The normalized spacial score (nSPS) is 9.27. The highest BCUT2D eigenvalue weighted by molar-refractivity contribution is 5.39. The third kappa shape index (κ3) is 4.58. The Labute approximate surface area is 86.6 Å². The van der Waals surface area contributed by atoms with Crippen LogP contribution >= 0.6 is 0 Å². The molecule has 1 aromatic carbocycles. The smallest absolute Gasteiger partial charge is 0.387 e. The topological polar surface area (TPSA) is 18.5 Å². The van der Waals surface area contributed by atoms with Crippen molar-refractivity contribution in [2.45, 2.75) is 20.5 Å². The first-order valence-electron chi connectivity index (χ1n) is 4.42. The van der Waals surface area contributed by atoms with E-state index in [0.29, 0.717) is 0 Å². The van der Waals surface area contributed by atoms with Gasteiger partial charge in [-0.05, 0) is 12.1 Å². The van der Waals surface area contributed by atoms with E-state index in [2.05, 4.69) is 9.47 Å². The monoisotopic (exact) mass is 222 g/mol. The van der Waals surface area contributed by atoms with E-state index < -0.39 is 12.4 Å². The van der Waals surface area contributed by atoms with Crippen LogP contribution in [0.1, 0.15) is 13.8 Å². The van der Waals surface area contributed by atoms with Crippen LogP contribution < -0.4 is 9.47 Å². The molecule has 0 saturated carbocycles. The van der Waals surface area contributed by atoms with Crippen molar-refractivity contribution in [3.8, 4) is 11.5 Å². The number of halogens is 3. The van der Waals surface area contributed by atoms with E-state index in [4.69, 9.17) is 0 Å². The Morgan fingerprint density at radius 3 is 2.20 bits per heavy atom.